The molecule has 2 aromatic carbocycles. The summed E-state index contributed by atoms with van der Waals surface area (Å²) >= 11 is 0. The number of nitrogens with one attached hydrogen (secondary N) is 1. The van der Waals surface area contributed by atoms with Gasteiger partial charge >= 0.3 is 0 Å². The molecule has 0 aromatic heterocycles. The van der Waals surface area contributed by atoms with Crippen molar-refractivity contribution in [2.45, 2.75) is 16.3 Å². The number of sulfonamides is 1. The largest absolute Gasteiger partial charge is 0.267 e. The molecular formula is C13H8ClF4NO4S2. The molecule has 0 unspecified atom stereocenters. The van der Waals surface area contributed by atoms with Crippen LogP contribution in [-0.2, 0) is 25.6 Å². The Balaban J connectivity index is 2.55. The van der Waals surface area contributed by atoms with E-state index in [2.05, 4.69) is 0 Å². The number of benzene rings is 2. The van der Waals surface area contributed by atoms with Crippen LogP contribution in [0.25, 0.3) is 0 Å². The Morgan fingerprint density at radius 1 is 0.800 bits per heavy atom. The number of halogens is 5. The molecule has 0 fully saturated rings. The third-order valence-electron chi connectivity index (χ3n) is 3.00. The van der Waals surface area contributed by atoms with E-state index < -0.39 is 58.7 Å². The van der Waals surface area contributed by atoms with Crippen molar-refractivity contribution >= 4 is 29.8 Å². The van der Waals surface area contributed by atoms with Gasteiger partial charge in [0, 0.05) is 17.2 Å². The summed E-state index contributed by atoms with van der Waals surface area (Å²) in [5, 5.41) is 0. The van der Waals surface area contributed by atoms with Gasteiger partial charge < -0.3 is 0 Å². The van der Waals surface area contributed by atoms with Crippen LogP contribution in [0, 0.1) is 23.3 Å². The van der Waals surface area contributed by atoms with Crippen LogP contribution in [0.15, 0.2) is 40.1 Å². The van der Waals surface area contributed by atoms with E-state index in [1.807, 2.05) is 0 Å². The second kappa shape index (κ2) is 6.90. The van der Waals surface area contributed by atoms with Crippen LogP contribution in [0.2, 0.25) is 0 Å². The lowest BCUT2D eigenvalue weighted by molar-refractivity contribution is 0.390. The monoisotopic (exact) mass is 417 g/mol. The van der Waals surface area contributed by atoms with Crippen molar-refractivity contribution in [3.63, 3.8) is 0 Å². The molecule has 0 radical (unpaired) electrons. The Morgan fingerprint density at radius 3 is 1.68 bits per heavy atom. The fourth-order valence-corrected chi connectivity index (χ4v) is 4.05. The van der Waals surface area contributed by atoms with Crippen LogP contribution in [0.1, 0.15) is 5.56 Å². The highest BCUT2D eigenvalue weighted by atomic mass is 35.7. The maximum absolute atomic E-state index is 13.9. The first-order valence-corrected chi connectivity index (χ1v) is 10.1. The first-order valence-electron chi connectivity index (χ1n) is 6.31. The molecule has 1 N–H and O–H groups in total. The minimum absolute atomic E-state index is 0.396. The molecule has 0 heterocycles. The maximum Gasteiger partial charge on any atom is 0.267 e. The van der Waals surface area contributed by atoms with Crippen LogP contribution >= 0.6 is 10.7 Å². The molecule has 0 atom stereocenters. The van der Waals surface area contributed by atoms with Crippen LogP contribution < -0.4 is 4.72 Å². The van der Waals surface area contributed by atoms with Gasteiger partial charge in [-0.05, 0) is 5.56 Å². The van der Waals surface area contributed by atoms with E-state index in [-0.39, 0.29) is 0 Å². The molecule has 0 bridgehead atoms. The zero-order valence-corrected chi connectivity index (χ0v) is 14.3. The van der Waals surface area contributed by atoms with Crippen molar-refractivity contribution in [2.75, 3.05) is 0 Å². The second-order valence-electron chi connectivity index (χ2n) is 4.66. The van der Waals surface area contributed by atoms with E-state index >= 15 is 0 Å². The molecule has 0 aliphatic carbocycles. The zero-order valence-electron chi connectivity index (χ0n) is 11.9. The lowest BCUT2D eigenvalue weighted by Gasteiger charge is -2.12. The third-order valence-corrected chi connectivity index (χ3v) is 5.73. The van der Waals surface area contributed by atoms with Crippen molar-refractivity contribution in [3.8, 4) is 0 Å². The van der Waals surface area contributed by atoms with E-state index in [9.17, 15) is 34.4 Å². The molecule has 25 heavy (non-hydrogen) atoms. The Labute approximate surface area is 144 Å². The average Bonchev–Trinajstić information content (AvgIpc) is 2.51. The highest BCUT2D eigenvalue weighted by molar-refractivity contribution is 8.13. The summed E-state index contributed by atoms with van der Waals surface area (Å²) in [5.74, 6) is -9.68. The standard InChI is InChI=1S/C13H8ClF4NO4S2/c14-24(20,21)12-8(15)10(17)13(11(18)9(12)16)25(22,23)19-6-7-4-2-1-3-5-7/h1-5,19H,6H2. The maximum atomic E-state index is 13.9. The second-order valence-corrected chi connectivity index (χ2v) is 8.87. The summed E-state index contributed by atoms with van der Waals surface area (Å²) in [7, 11) is -5.53. The summed E-state index contributed by atoms with van der Waals surface area (Å²) in [5.41, 5.74) is 0.396. The van der Waals surface area contributed by atoms with Gasteiger partial charge in [-0.3, -0.25) is 0 Å². The van der Waals surface area contributed by atoms with Crippen molar-refractivity contribution < 1.29 is 34.4 Å². The van der Waals surface area contributed by atoms with Gasteiger partial charge in [-0.1, -0.05) is 30.3 Å². The SMILES string of the molecule is O=S(=O)(Cl)c1c(F)c(F)c(S(=O)(=O)NCc2ccccc2)c(F)c1F. The molecule has 2 aromatic rings. The van der Waals surface area contributed by atoms with Crippen LogP contribution in [0.4, 0.5) is 17.6 Å². The van der Waals surface area contributed by atoms with Gasteiger partial charge in [-0.25, -0.2) is 39.1 Å². The smallest absolute Gasteiger partial charge is 0.207 e. The quantitative estimate of drug-likeness (QED) is 0.461. The van der Waals surface area contributed by atoms with Crippen LogP contribution in [0.5, 0.6) is 0 Å². The molecule has 0 aliphatic heterocycles. The van der Waals surface area contributed by atoms with Gasteiger partial charge in [0.15, 0.2) is 33.1 Å². The Bertz CT molecular complexity index is 999. The van der Waals surface area contributed by atoms with E-state index in [4.69, 9.17) is 10.7 Å². The van der Waals surface area contributed by atoms with Crippen molar-refractivity contribution in [1.82, 2.24) is 4.72 Å². The molecule has 12 heteroatoms. The molecule has 2 rings (SSSR count). The molecular weight excluding hydrogens is 410 g/mol. The Morgan fingerprint density at radius 2 is 1.24 bits per heavy atom. The van der Waals surface area contributed by atoms with Gasteiger partial charge in [0.2, 0.25) is 10.0 Å². The Kier molecular flexibility index (Phi) is 5.42. The molecule has 0 aliphatic rings. The number of rotatable bonds is 5. The van der Waals surface area contributed by atoms with Gasteiger partial charge in [-0.2, -0.15) is 0 Å². The fourth-order valence-electron chi connectivity index (χ4n) is 1.89. The minimum Gasteiger partial charge on any atom is -0.207 e. The molecule has 0 spiro atoms. The highest BCUT2D eigenvalue weighted by Crippen LogP contribution is 2.32. The molecule has 136 valence electrons. The van der Waals surface area contributed by atoms with Crippen molar-refractivity contribution in [3.05, 3.63) is 59.2 Å². The first kappa shape index (κ1) is 19.6. The normalized spacial score (nSPS) is 12.4. The fraction of sp³-hybridized carbons (Fsp3) is 0.0769. The predicted octanol–water partition coefficient (Wildman–Crippen LogP) is 2.65. The highest BCUT2D eigenvalue weighted by Gasteiger charge is 2.37. The topological polar surface area (TPSA) is 80.3 Å². The van der Waals surface area contributed by atoms with Crippen molar-refractivity contribution in [1.29, 1.82) is 0 Å². The van der Waals surface area contributed by atoms with Gasteiger partial charge in [0.1, 0.15) is 0 Å². The number of hydrogen-bond donors (Lipinski definition) is 1. The Hall–Kier alpha value is -1.69. The van der Waals surface area contributed by atoms with Gasteiger partial charge in [-0.15, -0.1) is 0 Å². The summed E-state index contributed by atoms with van der Waals surface area (Å²) in [6.45, 7) is -0.430. The number of hydrogen-bond acceptors (Lipinski definition) is 4. The third kappa shape index (κ3) is 3.94. The van der Waals surface area contributed by atoms with E-state index in [1.165, 1.54) is 12.1 Å². The lowest BCUT2D eigenvalue weighted by Crippen LogP contribution is -2.27. The summed E-state index contributed by atoms with van der Waals surface area (Å²) in [4.78, 5) is -4.09. The van der Waals surface area contributed by atoms with Crippen molar-refractivity contribution in [2.24, 2.45) is 0 Å². The van der Waals surface area contributed by atoms with Crippen LogP contribution in [0.3, 0.4) is 0 Å². The van der Waals surface area contributed by atoms with Crippen LogP contribution in [-0.4, -0.2) is 16.8 Å². The van der Waals surface area contributed by atoms with Gasteiger partial charge in [0.05, 0.1) is 0 Å². The lowest BCUT2D eigenvalue weighted by atomic mass is 10.2. The molecule has 5 nitrogen and oxygen atoms in total. The van der Waals surface area contributed by atoms with Gasteiger partial charge in [0.25, 0.3) is 9.05 Å². The molecule has 0 amide bonds. The summed E-state index contributed by atoms with van der Waals surface area (Å²) in [6.07, 6.45) is 0. The first-order chi connectivity index (χ1) is 11.5. The van der Waals surface area contributed by atoms with E-state index in [0.29, 0.717) is 5.56 Å². The van der Waals surface area contributed by atoms with E-state index in [1.54, 1.807) is 22.9 Å². The average molecular weight is 418 g/mol. The zero-order chi connectivity index (χ0) is 19.0. The molecule has 0 saturated carbocycles. The minimum atomic E-state index is -5.20. The molecule has 0 saturated heterocycles. The summed E-state index contributed by atoms with van der Waals surface area (Å²) in [6, 6.07) is 7.72. The van der Waals surface area contributed by atoms with E-state index in [0.717, 1.165) is 0 Å². The predicted molar refractivity (Wildman–Crippen MR) is 79.8 cm³/mol. The summed E-state index contributed by atoms with van der Waals surface area (Å²) < 4.78 is 103.